The molecule has 7 rings (SSSR count). The molecule has 0 bridgehead atoms. The molecular weight excluding hydrogens is 716 g/mol. The molecule has 4 aromatic carbocycles. The fourth-order valence-corrected chi connectivity index (χ4v) is 8.56. The number of nitrogens with one attached hydrogen (secondary N) is 1. The number of rotatable bonds is 10. The van der Waals surface area contributed by atoms with E-state index in [0.717, 1.165) is 5.56 Å². The summed E-state index contributed by atoms with van der Waals surface area (Å²) in [5.41, 5.74) is 2.54. The third kappa shape index (κ3) is 7.10. The van der Waals surface area contributed by atoms with Crippen LogP contribution in [-0.2, 0) is 39.1 Å². The van der Waals surface area contributed by atoms with Gasteiger partial charge in [0.2, 0.25) is 11.8 Å². The highest BCUT2D eigenvalue weighted by Crippen LogP contribution is 2.32. The normalized spacial score (nSPS) is 17.9. The highest BCUT2D eigenvalue weighted by Gasteiger charge is 2.51. The van der Waals surface area contributed by atoms with E-state index in [-0.39, 0.29) is 61.6 Å². The third-order valence-electron chi connectivity index (χ3n) is 9.52. The molecule has 3 heterocycles. The van der Waals surface area contributed by atoms with Crippen LogP contribution in [0.2, 0.25) is 5.02 Å². The Hall–Kier alpha value is -5.63. The number of piperazine rings is 1. The lowest BCUT2D eigenvalue weighted by molar-refractivity contribution is -0.189. The van der Waals surface area contributed by atoms with Crippen LogP contribution in [0, 0.1) is 0 Å². The molecule has 14 heteroatoms. The number of para-hydroxylation sites is 1. The molecule has 2 fully saturated rings. The number of carbonyl (C=O) groups excluding carboxylic acids is 3. The molecule has 2 N–H and O–H groups in total. The van der Waals surface area contributed by atoms with E-state index in [1.807, 2.05) is 30.3 Å². The summed E-state index contributed by atoms with van der Waals surface area (Å²) in [5, 5.41) is 17.1. The van der Waals surface area contributed by atoms with Crippen LogP contribution in [0.4, 0.5) is 4.79 Å². The number of aromatic nitrogens is 1. The maximum absolute atomic E-state index is 14.6. The summed E-state index contributed by atoms with van der Waals surface area (Å²) in [4.78, 5) is 45.8. The molecule has 4 amide bonds. The van der Waals surface area contributed by atoms with Crippen LogP contribution in [0.25, 0.3) is 10.9 Å². The molecule has 2 atom stereocenters. The predicted octanol–water partition coefficient (Wildman–Crippen LogP) is 4.97. The molecule has 0 spiro atoms. The summed E-state index contributed by atoms with van der Waals surface area (Å²) < 4.78 is 29.1. The number of hydrogen-bond acceptors (Lipinski definition) is 7. The Morgan fingerprint density at radius 2 is 1.66 bits per heavy atom. The standard InChI is InChI=1S/C39H37ClN6O6S/c1-2-20-43-26-36(48)45-34(22-27-11-15-32(47)16-12-27)38(49)42(25-35(45)46(43)39(50)41-23-28-7-4-3-5-8-28)24-30-10-6-9-29-19-21-44(37(29)30)53(51,52)33-17-13-31(40)14-18-33/h2-19,21,34-35,47H,1,20,22-26H2,(H,41,50). The topological polar surface area (TPSA) is 136 Å². The third-order valence-corrected chi connectivity index (χ3v) is 11.5. The quantitative estimate of drug-likeness (QED) is 0.192. The molecule has 0 saturated carbocycles. The number of fused-ring (bicyclic) bond motifs is 2. The van der Waals surface area contributed by atoms with Crippen molar-refractivity contribution in [2.75, 3.05) is 19.6 Å². The summed E-state index contributed by atoms with van der Waals surface area (Å²) in [5.74, 6) is -0.630. The Morgan fingerprint density at radius 1 is 0.925 bits per heavy atom. The molecule has 2 aliphatic heterocycles. The van der Waals surface area contributed by atoms with Crippen LogP contribution in [0.15, 0.2) is 127 Å². The van der Waals surface area contributed by atoms with Crippen molar-refractivity contribution in [1.29, 1.82) is 0 Å². The number of benzene rings is 4. The van der Waals surface area contributed by atoms with Gasteiger partial charge in [-0.25, -0.2) is 27.2 Å². The second kappa shape index (κ2) is 14.8. The molecule has 272 valence electrons. The van der Waals surface area contributed by atoms with Gasteiger partial charge >= 0.3 is 6.03 Å². The highest BCUT2D eigenvalue weighted by molar-refractivity contribution is 7.90. The van der Waals surface area contributed by atoms with E-state index in [4.69, 9.17) is 11.6 Å². The van der Waals surface area contributed by atoms with E-state index in [1.54, 1.807) is 52.4 Å². The monoisotopic (exact) mass is 752 g/mol. The average molecular weight is 753 g/mol. The fraction of sp³-hybridized carbons (Fsp3) is 0.205. The van der Waals surface area contributed by atoms with Gasteiger partial charge in [0.25, 0.3) is 10.0 Å². The van der Waals surface area contributed by atoms with Crippen LogP contribution < -0.4 is 5.32 Å². The molecule has 5 aromatic rings. The molecule has 2 aliphatic rings. The Balaban J connectivity index is 1.28. The van der Waals surface area contributed by atoms with Crippen molar-refractivity contribution in [2.24, 2.45) is 0 Å². The summed E-state index contributed by atoms with van der Waals surface area (Å²) in [6, 6.07) is 27.3. The minimum atomic E-state index is -4.06. The lowest BCUT2D eigenvalue weighted by Gasteiger charge is -2.55. The van der Waals surface area contributed by atoms with Gasteiger partial charge in [-0.15, -0.1) is 6.58 Å². The highest BCUT2D eigenvalue weighted by atomic mass is 35.5. The second-order valence-electron chi connectivity index (χ2n) is 12.9. The number of amides is 4. The van der Waals surface area contributed by atoms with E-state index >= 15 is 0 Å². The first-order chi connectivity index (χ1) is 25.5. The molecule has 12 nitrogen and oxygen atoms in total. The largest absolute Gasteiger partial charge is 0.508 e. The van der Waals surface area contributed by atoms with Crippen LogP contribution in [0.5, 0.6) is 5.75 Å². The number of carbonyl (C=O) groups is 3. The van der Waals surface area contributed by atoms with Gasteiger partial charge in [0.05, 0.1) is 23.5 Å². The van der Waals surface area contributed by atoms with Crippen molar-refractivity contribution in [3.05, 3.63) is 144 Å². The van der Waals surface area contributed by atoms with Crippen LogP contribution >= 0.6 is 11.6 Å². The lowest BCUT2D eigenvalue weighted by Crippen LogP contribution is -2.76. The van der Waals surface area contributed by atoms with Crippen molar-refractivity contribution < 1.29 is 27.9 Å². The van der Waals surface area contributed by atoms with Gasteiger partial charge in [-0.2, -0.15) is 0 Å². The van der Waals surface area contributed by atoms with Crippen molar-refractivity contribution in [3.8, 4) is 5.75 Å². The maximum atomic E-state index is 14.6. The lowest BCUT2D eigenvalue weighted by atomic mass is 9.98. The van der Waals surface area contributed by atoms with E-state index in [1.165, 1.54) is 56.5 Å². The zero-order valence-corrected chi connectivity index (χ0v) is 30.2. The van der Waals surface area contributed by atoms with Crippen molar-refractivity contribution >= 4 is 50.4 Å². The van der Waals surface area contributed by atoms with Crippen molar-refractivity contribution in [2.45, 2.75) is 36.6 Å². The zero-order valence-electron chi connectivity index (χ0n) is 28.6. The average Bonchev–Trinajstić information content (AvgIpc) is 3.60. The first-order valence-corrected chi connectivity index (χ1v) is 18.8. The van der Waals surface area contributed by atoms with E-state index < -0.39 is 28.3 Å². The van der Waals surface area contributed by atoms with Crippen molar-refractivity contribution in [1.82, 2.24) is 29.1 Å². The Bertz CT molecular complexity index is 2280. The number of urea groups is 1. The number of nitrogens with zero attached hydrogens (tertiary/aromatic N) is 5. The van der Waals surface area contributed by atoms with Crippen LogP contribution in [0.3, 0.4) is 0 Å². The summed E-state index contributed by atoms with van der Waals surface area (Å²) >= 11 is 6.05. The molecule has 2 unspecified atom stereocenters. The van der Waals surface area contributed by atoms with Crippen LogP contribution in [-0.4, -0.2) is 87.0 Å². The van der Waals surface area contributed by atoms with Crippen molar-refractivity contribution in [3.63, 3.8) is 0 Å². The number of phenolic OH excluding ortho intramolecular Hbond substituents is 1. The van der Waals surface area contributed by atoms with Gasteiger partial charge in [-0.1, -0.05) is 78.3 Å². The van der Waals surface area contributed by atoms with Gasteiger partial charge < -0.3 is 20.2 Å². The SMILES string of the molecule is C=CCN1CC(=O)N2C(Cc3ccc(O)cc3)C(=O)N(Cc3cccc4ccn(S(=O)(=O)c5ccc(Cl)cc5)c34)CC2N1C(=O)NCc1ccccc1. The predicted molar refractivity (Wildman–Crippen MR) is 200 cm³/mol. The number of hydrazine groups is 1. The fourth-order valence-electron chi connectivity index (χ4n) is 7.04. The molecule has 2 saturated heterocycles. The number of phenols is 1. The Morgan fingerprint density at radius 3 is 2.38 bits per heavy atom. The number of hydrogen-bond donors (Lipinski definition) is 2. The summed E-state index contributed by atoms with van der Waals surface area (Å²) in [6.45, 7) is 4.05. The molecule has 1 aromatic heterocycles. The number of aromatic hydroxyl groups is 1. The Labute approximate surface area is 312 Å². The molecule has 0 aliphatic carbocycles. The second-order valence-corrected chi connectivity index (χ2v) is 15.2. The first kappa shape index (κ1) is 35.8. The van der Waals surface area contributed by atoms with Crippen LogP contribution in [0.1, 0.15) is 16.7 Å². The minimum Gasteiger partial charge on any atom is -0.508 e. The zero-order chi connectivity index (χ0) is 37.3. The smallest absolute Gasteiger partial charge is 0.334 e. The first-order valence-electron chi connectivity index (χ1n) is 17.0. The van der Waals surface area contributed by atoms with Gasteiger partial charge in [0, 0.05) is 42.7 Å². The van der Waals surface area contributed by atoms with E-state index in [9.17, 15) is 27.9 Å². The summed E-state index contributed by atoms with van der Waals surface area (Å²) in [6.07, 6.45) is 2.30. The summed E-state index contributed by atoms with van der Waals surface area (Å²) in [7, 11) is -4.06. The maximum Gasteiger partial charge on any atom is 0.334 e. The minimum absolute atomic E-state index is 0.0120. The molecule has 53 heavy (non-hydrogen) atoms. The van der Waals surface area contributed by atoms with Gasteiger partial charge in [0.15, 0.2) is 0 Å². The van der Waals surface area contributed by atoms with E-state index in [2.05, 4.69) is 11.9 Å². The van der Waals surface area contributed by atoms with Gasteiger partial charge in [-0.3, -0.25) is 9.59 Å². The number of halogens is 1. The molecular formula is C39H37ClN6O6S. The van der Waals surface area contributed by atoms with Gasteiger partial charge in [0.1, 0.15) is 18.0 Å². The van der Waals surface area contributed by atoms with E-state index in [0.29, 0.717) is 27.1 Å². The molecule has 0 radical (unpaired) electrons. The Kier molecular flexibility index (Phi) is 9.97. The van der Waals surface area contributed by atoms with Gasteiger partial charge in [-0.05, 0) is 59.2 Å².